The Hall–Kier alpha value is -1.52. The molecule has 3 heterocycles. The summed E-state index contributed by atoms with van der Waals surface area (Å²) in [6, 6.07) is -0.920. The summed E-state index contributed by atoms with van der Waals surface area (Å²) in [7, 11) is -3.68. The lowest BCUT2D eigenvalue weighted by atomic mass is 9.88. The molecule has 2 fully saturated rings. The van der Waals surface area contributed by atoms with Crippen LogP contribution in [0.15, 0.2) is 5.38 Å². The largest absolute Gasteiger partial charge is 0.331 e. The smallest absolute Gasteiger partial charge is 0.273 e. The molecule has 3 rings (SSSR count). The van der Waals surface area contributed by atoms with Crippen molar-refractivity contribution < 1.29 is 18.0 Å². The van der Waals surface area contributed by atoms with Crippen molar-refractivity contribution in [1.29, 1.82) is 0 Å². The summed E-state index contributed by atoms with van der Waals surface area (Å²) in [4.78, 5) is 35.2. The van der Waals surface area contributed by atoms with E-state index in [9.17, 15) is 18.0 Å². The zero-order valence-electron chi connectivity index (χ0n) is 20.5. The van der Waals surface area contributed by atoms with Gasteiger partial charge in [0.15, 0.2) is 0 Å². The molecule has 0 aliphatic carbocycles. The molecule has 0 N–H and O–H groups in total. The van der Waals surface area contributed by atoms with Crippen LogP contribution in [0.2, 0.25) is 0 Å². The maximum absolute atomic E-state index is 13.4. The normalized spacial score (nSPS) is 23.2. The molecule has 10 heteroatoms. The molecule has 186 valence electrons. The van der Waals surface area contributed by atoms with Crippen LogP contribution in [0, 0.1) is 11.8 Å². The summed E-state index contributed by atoms with van der Waals surface area (Å²) in [5.74, 6) is -1.18. The average Bonchev–Trinajstić information content (AvgIpc) is 3.42. The van der Waals surface area contributed by atoms with E-state index in [2.05, 4.69) is 23.7 Å². The highest BCUT2D eigenvalue weighted by molar-refractivity contribution is 7.88. The third-order valence-electron chi connectivity index (χ3n) is 6.71. The summed E-state index contributed by atoms with van der Waals surface area (Å²) in [5.41, 5.74) is 0.398. The number of hydrogen-bond acceptors (Lipinski definition) is 7. The number of aromatic nitrogens is 1. The molecular formula is C23H38N4O4S2. The second-order valence-electron chi connectivity index (χ2n) is 9.62. The molecule has 33 heavy (non-hydrogen) atoms. The Morgan fingerprint density at radius 3 is 2.42 bits per heavy atom. The maximum atomic E-state index is 13.4. The van der Waals surface area contributed by atoms with Crippen LogP contribution in [0.5, 0.6) is 0 Å². The predicted molar refractivity (Wildman–Crippen MR) is 130 cm³/mol. The average molecular weight is 499 g/mol. The zero-order chi connectivity index (χ0) is 24.3. The lowest BCUT2D eigenvalue weighted by Crippen LogP contribution is -2.44. The Morgan fingerprint density at radius 1 is 1.24 bits per heavy atom. The van der Waals surface area contributed by atoms with Crippen molar-refractivity contribution in [2.24, 2.45) is 11.8 Å². The van der Waals surface area contributed by atoms with Gasteiger partial charge in [-0.25, -0.2) is 17.7 Å². The first-order valence-electron chi connectivity index (χ1n) is 12.1. The van der Waals surface area contributed by atoms with Gasteiger partial charge in [-0.15, -0.1) is 11.3 Å². The van der Waals surface area contributed by atoms with Gasteiger partial charge < -0.3 is 4.90 Å². The van der Waals surface area contributed by atoms with Gasteiger partial charge in [0.05, 0.1) is 30.8 Å². The topological polar surface area (TPSA) is 90.9 Å². The number of fused-ring (bicyclic) bond motifs is 1. The maximum Gasteiger partial charge on any atom is 0.273 e. The first-order valence-corrected chi connectivity index (χ1v) is 14.8. The quantitative estimate of drug-likeness (QED) is 0.465. The van der Waals surface area contributed by atoms with E-state index >= 15 is 0 Å². The van der Waals surface area contributed by atoms with Crippen molar-refractivity contribution in [3.8, 4) is 0 Å². The van der Waals surface area contributed by atoms with Gasteiger partial charge in [-0.2, -0.15) is 0 Å². The lowest BCUT2D eigenvalue weighted by Gasteiger charge is -2.28. The molecule has 2 aliphatic rings. The highest BCUT2D eigenvalue weighted by atomic mass is 32.2. The first kappa shape index (κ1) is 26.1. The van der Waals surface area contributed by atoms with E-state index in [1.54, 1.807) is 10.3 Å². The van der Waals surface area contributed by atoms with E-state index in [0.717, 1.165) is 60.9 Å². The van der Waals surface area contributed by atoms with Crippen LogP contribution in [0.25, 0.3) is 0 Å². The Balaban J connectivity index is 1.78. The van der Waals surface area contributed by atoms with E-state index in [1.807, 2.05) is 13.8 Å². The molecule has 0 spiro atoms. The Bertz CT molecular complexity index is 938. The van der Waals surface area contributed by atoms with Crippen molar-refractivity contribution >= 4 is 33.2 Å². The molecule has 2 amide bonds. The molecule has 2 aliphatic heterocycles. The standard InChI is InChI=1S/C23H38N4O4S2/c1-6-8-11-25(12-9-7-2)14-19-24-17(15-32-19)22(28)26-13-10-18-21(26)20(16(3)4)23(29)27(18)33(5,30)31/h15-16,18,20-21H,6-14H2,1-5H3/t18-,20+,21-/m1/s1. The summed E-state index contributed by atoms with van der Waals surface area (Å²) in [6.45, 7) is 11.4. The van der Waals surface area contributed by atoms with Crippen LogP contribution < -0.4 is 0 Å². The third kappa shape index (κ3) is 5.59. The van der Waals surface area contributed by atoms with E-state index in [4.69, 9.17) is 0 Å². The van der Waals surface area contributed by atoms with Crippen LogP contribution in [0.4, 0.5) is 0 Å². The highest BCUT2D eigenvalue weighted by Crippen LogP contribution is 2.41. The van der Waals surface area contributed by atoms with Gasteiger partial charge in [0.1, 0.15) is 10.7 Å². The fourth-order valence-corrected chi connectivity index (χ4v) is 7.10. The predicted octanol–water partition coefficient (Wildman–Crippen LogP) is 3.20. The fraction of sp³-hybridized carbons (Fsp3) is 0.783. The van der Waals surface area contributed by atoms with E-state index in [0.29, 0.717) is 18.7 Å². The van der Waals surface area contributed by atoms with E-state index < -0.39 is 28.0 Å². The Morgan fingerprint density at radius 2 is 1.88 bits per heavy atom. The van der Waals surface area contributed by atoms with Gasteiger partial charge in [0, 0.05) is 11.9 Å². The molecule has 1 aromatic rings. The monoisotopic (exact) mass is 498 g/mol. The Labute approximate surface area is 202 Å². The fourth-order valence-electron chi connectivity index (χ4n) is 5.12. The molecule has 0 bridgehead atoms. The van der Waals surface area contributed by atoms with Gasteiger partial charge in [-0.3, -0.25) is 14.5 Å². The lowest BCUT2D eigenvalue weighted by molar-refractivity contribution is -0.129. The molecular weight excluding hydrogens is 460 g/mol. The number of hydrogen-bond donors (Lipinski definition) is 0. The van der Waals surface area contributed by atoms with Crippen molar-refractivity contribution in [3.63, 3.8) is 0 Å². The highest BCUT2D eigenvalue weighted by Gasteiger charge is 2.58. The van der Waals surface area contributed by atoms with Gasteiger partial charge in [0.2, 0.25) is 15.9 Å². The second kappa shape index (κ2) is 10.8. The minimum absolute atomic E-state index is 0.0677. The molecule has 0 aromatic carbocycles. The van der Waals surface area contributed by atoms with Gasteiger partial charge >= 0.3 is 0 Å². The summed E-state index contributed by atoms with van der Waals surface area (Å²) in [5, 5.41) is 2.72. The van der Waals surface area contributed by atoms with E-state index in [1.165, 1.54) is 11.3 Å². The minimum atomic E-state index is -3.68. The third-order valence-corrected chi connectivity index (χ3v) is 8.71. The van der Waals surface area contributed by atoms with Crippen LogP contribution in [0.1, 0.15) is 75.3 Å². The van der Waals surface area contributed by atoms with Crippen LogP contribution in [-0.4, -0.2) is 77.3 Å². The molecule has 8 nitrogen and oxygen atoms in total. The number of amides is 2. The molecule has 3 atom stereocenters. The van der Waals surface area contributed by atoms with Gasteiger partial charge in [-0.1, -0.05) is 40.5 Å². The number of unbranched alkanes of at least 4 members (excludes halogenated alkanes) is 2. The van der Waals surface area contributed by atoms with Crippen molar-refractivity contribution in [2.75, 3.05) is 25.9 Å². The SMILES string of the molecule is CCCCN(CCCC)Cc1nc(C(=O)N2CC[C@@H]3[C@@H]2[C@H](C(C)C)C(=O)N3S(C)(=O)=O)cs1. The number of likely N-dealkylation sites (tertiary alicyclic amines) is 1. The second-order valence-corrected chi connectivity index (χ2v) is 12.4. The molecule has 0 radical (unpaired) electrons. The van der Waals surface area contributed by atoms with Crippen molar-refractivity contribution in [3.05, 3.63) is 16.1 Å². The summed E-state index contributed by atoms with van der Waals surface area (Å²) in [6.07, 6.45) is 6.10. The van der Waals surface area contributed by atoms with Gasteiger partial charge in [-0.05, 0) is 38.3 Å². The van der Waals surface area contributed by atoms with Crippen LogP contribution >= 0.6 is 11.3 Å². The van der Waals surface area contributed by atoms with Crippen molar-refractivity contribution in [1.82, 2.24) is 19.1 Å². The first-order chi connectivity index (χ1) is 15.6. The summed E-state index contributed by atoms with van der Waals surface area (Å²) < 4.78 is 25.7. The molecule has 2 saturated heterocycles. The van der Waals surface area contributed by atoms with Crippen LogP contribution in [0.3, 0.4) is 0 Å². The number of carbonyl (C=O) groups excluding carboxylic acids is 2. The molecule has 0 unspecified atom stereocenters. The van der Waals surface area contributed by atoms with Crippen LogP contribution in [-0.2, 0) is 21.4 Å². The molecule has 0 saturated carbocycles. The summed E-state index contributed by atoms with van der Waals surface area (Å²) >= 11 is 1.50. The number of nitrogens with zero attached hydrogens (tertiary/aromatic N) is 4. The number of sulfonamides is 1. The number of rotatable bonds is 11. The molecule has 1 aromatic heterocycles. The van der Waals surface area contributed by atoms with E-state index in [-0.39, 0.29) is 17.7 Å². The zero-order valence-corrected chi connectivity index (χ0v) is 22.1. The van der Waals surface area contributed by atoms with Crippen molar-refractivity contribution in [2.45, 2.75) is 78.4 Å². The minimum Gasteiger partial charge on any atom is -0.331 e. The number of carbonyl (C=O) groups is 2. The van der Waals surface area contributed by atoms with Gasteiger partial charge in [0.25, 0.3) is 5.91 Å². The Kier molecular flexibility index (Phi) is 8.55. The number of thiazole rings is 1.